The number of aromatic nitrogens is 2. The van der Waals surface area contributed by atoms with E-state index in [0.717, 1.165) is 15.6 Å². The maximum atomic E-state index is 5.05. The van der Waals surface area contributed by atoms with Gasteiger partial charge in [0.2, 0.25) is 5.13 Å². The van der Waals surface area contributed by atoms with Crippen LogP contribution in [0.5, 0.6) is 0 Å². The number of hydrogen-bond acceptors (Lipinski definition) is 4. The highest BCUT2D eigenvalue weighted by Crippen LogP contribution is 2.27. The van der Waals surface area contributed by atoms with Crippen molar-refractivity contribution in [1.29, 1.82) is 0 Å². The zero-order valence-electron chi connectivity index (χ0n) is 8.32. The Kier molecular flexibility index (Phi) is 3.18. The fourth-order valence-corrected chi connectivity index (χ4v) is 3.00. The van der Waals surface area contributed by atoms with Crippen molar-refractivity contribution in [2.24, 2.45) is 0 Å². The molecule has 0 spiro atoms. The Morgan fingerprint density at radius 1 is 1.64 bits per heavy atom. The van der Waals surface area contributed by atoms with Gasteiger partial charge in [0.05, 0.1) is 0 Å². The predicted molar refractivity (Wildman–Crippen MR) is 62.6 cm³/mol. The number of nitrogens with zero attached hydrogens (tertiary/aromatic N) is 2. The third-order valence-electron chi connectivity index (χ3n) is 2.77. The summed E-state index contributed by atoms with van der Waals surface area (Å²) in [7, 11) is 0. The summed E-state index contributed by atoms with van der Waals surface area (Å²) in [5.74, 6) is 0. The van der Waals surface area contributed by atoms with E-state index < -0.39 is 0 Å². The summed E-state index contributed by atoms with van der Waals surface area (Å²) in [5, 5.41) is 8.18. The molecule has 1 aromatic rings. The summed E-state index contributed by atoms with van der Waals surface area (Å²) < 4.78 is 0.778. The highest BCUT2D eigenvalue weighted by atomic mass is 32.1. The molecule has 1 aliphatic heterocycles. The molecular formula is C9H15N3S2. The Balaban J connectivity index is 2.18. The standard InChI is InChI=1S/C9H15N3S2/c1-2-7-5-3-4-6-12(7)8-10-11-9(13)14-8/h7H,2-6H2,1H3,(H,11,13). The lowest BCUT2D eigenvalue weighted by molar-refractivity contribution is 0.448. The van der Waals surface area contributed by atoms with Crippen LogP contribution >= 0.6 is 23.6 Å². The van der Waals surface area contributed by atoms with Gasteiger partial charge in [-0.15, -0.1) is 5.10 Å². The SMILES string of the molecule is CCC1CCCCN1c1n[nH]c(=S)s1. The van der Waals surface area contributed by atoms with Gasteiger partial charge in [-0.3, -0.25) is 5.10 Å². The molecule has 1 aromatic heterocycles. The van der Waals surface area contributed by atoms with Crippen molar-refractivity contribution < 1.29 is 0 Å². The van der Waals surface area contributed by atoms with Gasteiger partial charge in [-0.05, 0) is 37.9 Å². The molecular weight excluding hydrogens is 214 g/mol. The van der Waals surface area contributed by atoms with E-state index >= 15 is 0 Å². The number of nitrogens with one attached hydrogen (secondary N) is 1. The number of piperidine rings is 1. The van der Waals surface area contributed by atoms with E-state index in [1.54, 1.807) is 11.3 Å². The van der Waals surface area contributed by atoms with Crippen molar-refractivity contribution in [2.45, 2.75) is 38.6 Å². The van der Waals surface area contributed by atoms with Gasteiger partial charge in [-0.1, -0.05) is 18.3 Å². The van der Waals surface area contributed by atoms with Crippen LogP contribution in [0.25, 0.3) is 0 Å². The van der Waals surface area contributed by atoms with E-state index in [4.69, 9.17) is 12.2 Å². The zero-order chi connectivity index (χ0) is 9.97. The number of rotatable bonds is 2. The minimum atomic E-state index is 0.665. The van der Waals surface area contributed by atoms with Gasteiger partial charge < -0.3 is 4.90 Å². The van der Waals surface area contributed by atoms with Crippen LogP contribution in [0.15, 0.2) is 0 Å². The van der Waals surface area contributed by atoms with Crippen LogP contribution in [0.2, 0.25) is 0 Å². The number of aromatic amines is 1. The van der Waals surface area contributed by atoms with E-state index in [-0.39, 0.29) is 0 Å². The number of anilines is 1. The van der Waals surface area contributed by atoms with Crippen LogP contribution in [0.1, 0.15) is 32.6 Å². The second-order valence-electron chi connectivity index (χ2n) is 3.65. The highest BCUT2D eigenvalue weighted by Gasteiger charge is 2.22. The molecule has 0 aromatic carbocycles. The molecule has 1 atom stereocenters. The van der Waals surface area contributed by atoms with Crippen LogP contribution in [0, 0.1) is 3.95 Å². The zero-order valence-corrected chi connectivity index (χ0v) is 9.96. The fourth-order valence-electron chi connectivity index (χ4n) is 2.02. The topological polar surface area (TPSA) is 31.9 Å². The summed E-state index contributed by atoms with van der Waals surface area (Å²) >= 11 is 6.64. The molecule has 0 radical (unpaired) electrons. The lowest BCUT2D eigenvalue weighted by Gasteiger charge is -2.34. The molecule has 0 amide bonds. The summed E-state index contributed by atoms with van der Waals surface area (Å²) in [6.45, 7) is 3.38. The molecule has 2 heterocycles. The molecule has 1 aliphatic rings. The molecule has 0 bridgehead atoms. The predicted octanol–water partition coefficient (Wildman–Crippen LogP) is 2.97. The van der Waals surface area contributed by atoms with Gasteiger partial charge in [0.1, 0.15) is 0 Å². The van der Waals surface area contributed by atoms with Crippen molar-refractivity contribution >= 4 is 28.7 Å². The highest BCUT2D eigenvalue weighted by molar-refractivity contribution is 7.73. The molecule has 2 rings (SSSR count). The fraction of sp³-hybridized carbons (Fsp3) is 0.778. The molecule has 1 fully saturated rings. The van der Waals surface area contributed by atoms with E-state index in [1.165, 1.54) is 25.7 Å². The quantitative estimate of drug-likeness (QED) is 0.791. The minimum Gasteiger partial charge on any atom is -0.344 e. The molecule has 1 unspecified atom stereocenters. The van der Waals surface area contributed by atoms with Crippen molar-refractivity contribution in [3.8, 4) is 0 Å². The summed E-state index contributed by atoms with van der Waals surface area (Å²) in [4.78, 5) is 2.40. The van der Waals surface area contributed by atoms with Crippen molar-refractivity contribution in [1.82, 2.24) is 10.2 Å². The Labute approximate surface area is 93.1 Å². The third kappa shape index (κ3) is 1.98. The average molecular weight is 229 g/mol. The monoisotopic (exact) mass is 229 g/mol. The maximum Gasteiger partial charge on any atom is 0.207 e. The molecule has 14 heavy (non-hydrogen) atoms. The van der Waals surface area contributed by atoms with E-state index in [0.29, 0.717) is 6.04 Å². The summed E-state index contributed by atoms with van der Waals surface area (Å²) in [5.41, 5.74) is 0. The first kappa shape index (κ1) is 10.1. The smallest absolute Gasteiger partial charge is 0.207 e. The van der Waals surface area contributed by atoms with Crippen molar-refractivity contribution in [2.75, 3.05) is 11.4 Å². The molecule has 1 N–H and O–H groups in total. The molecule has 78 valence electrons. The summed E-state index contributed by atoms with van der Waals surface area (Å²) in [6, 6.07) is 0.665. The van der Waals surface area contributed by atoms with Gasteiger partial charge in [0.25, 0.3) is 0 Å². The number of hydrogen-bond donors (Lipinski definition) is 1. The van der Waals surface area contributed by atoms with Crippen molar-refractivity contribution in [3.63, 3.8) is 0 Å². The first-order chi connectivity index (χ1) is 6.81. The lowest BCUT2D eigenvalue weighted by Crippen LogP contribution is -2.39. The second kappa shape index (κ2) is 4.40. The molecule has 5 heteroatoms. The van der Waals surface area contributed by atoms with E-state index in [2.05, 4.69) is 22.0 Å². The molecule has 3 nitrogen and oxygen atoms in total. The maximum absolute atomic E-state index is 5.05. The van der Waals surface area contributed by atoms with Crippen LogP contribution in [0.3, 0.4) is 0 Å². The molecule has 0 aliphatic carbocycles. The van der Waals surface area contributed by atoms with E-state index in [9.17, 15) is 0 Å². The molecule has 1 saturated heterocycles. The van der Waals surface area contributed by atoms with Crippen LogP contribution < -0.4 is 4.90 Å². The second-order valence-corrected chi connectivity index (χ2v) is 5.29. The Morgan fingerprint density at radius 3 is 3.14 bits per heavy atom. The largest absolute Gasteiger partial charge is 0.344 e. The third-order valence-corrected chi connectivity index (χ3v) is 3.90. The average Bonchev–Trinajstić information content (AvgIpc) is 2.65. The van der Waals surface area contributed by atoms with Gasteiger partial charge in [-0.25, -0.2) is 0 Å². The Hall–Kier alpha value is -0.420. The van der Waals surface area contributed by atoms with Crippen LogP contribution in [-0.4, -0.2) is 22.8 Å². The first-order valence-electron chi connectivity index (χ1n) is 5.13. The van der Waals surface area contributed by atoms with Gasteiger partial charge in [0.15, 0.2) is 3.95 Å². The van der Waals surface area contributed by atoms with Crippen molar-refractivity contribution in [3.05, 3.63) is 3.95 Å². The molecule has 0 saturated carbocycles. The lowest BCUT2D eigenvalue weighted by atomic mass is 10.0. The number of H-pyrrole nitrogens is 1. The van der Waals surface area contributed by atoms with E-state index in [1.807, 2.05) is 0 Å². The Bertz CT molecular complexity index is 344. The minimum absolute atomic E-state index is 0.665. The van der Waals surface area contributed by atoms with Crippen LogP contribution in [-0.2, 0) is 0 Å². The van der Waals surface area contributed by atoms with Gasteiger partial charge in [-0.2, -0.15) is 0 Å². The van der Waals surface area contributed by atoms with Gasteiger partial charge >= 0.3 is 0 Å². The van der Waals surface area contributed by atoms with Crippen LogP contribution in [0.4, 0.5) is 5.13 Å². The summed E-state index contributed by atoms with van der Waals surface area (Å²) in [6.07, 6.45) is 5.13. The van der Waals surface area contributed by atoms with Gasteiger partial charge in [0, 0.05) is 12.6 Å². The normalized spacial score (nSPS) is 22.6. The first-order valence-corrected chi connectivity index (χ1v) is 6.36. The Morgan fingerprint density at radius 2 is 2.50 bits per heavy atom.